The predicted octanol–water partition coefficient (Wildman–Crippen LogP) is 2.04. The number of aromatic nitrogens is 1. The number of methoxy groups -OCH3 is 1. The summed E-state index contributed by atoms with van der Waals surface area (Å²) in [6.45, 7) is 2.27. The van der Waals surface area contributed by atoms with E-state index < -0.39 is 23.5 Å². The van der Waals surface area contributed by atoms with Crippen molar-refractivity contribution in [3.63, 3.8) is 0 Å². The fraction of sp³-hybridized carbons (Fsp3) is 0.381. The van der Waals surface area contributed by atoms with Gasteiger partial charge in [-0.3, -0.25) is 14.2 Å². The minimum absolute atomic E-state index is 0.0565. The van der Waals surface area contributed by atoms with Gasteiger partial charge in [0.15, 0.2) is 11.5 Å². The first kappa shape index (κ1) is 19.0. The van der Waals surface area contributed by atoms with Crippen LogP contribution in [0.5, 0.6) is 11.5 Å². The van der Waals surface area contributed by atoms with Gasteiger partial charge in [0.05, 0.1) is 12.8 Å². The molecule has 0 N–H and O–H groups in total. The summed E-state index contributed by atoms with van der Waals surface area (Å²) in [7, 11) is 1.31. The van der Waals surface area contributed by atoms with Crippen LogP contribution in [0.15, 0.2) is 35.3 Å². The van der Waals surface area contributed by atoms with Gasteiger partial charge in [-0.05, 0) is 49.9 Å². The second-order valence-corrected chi connectivity index (χ2v) is 7.12. The van der Waals surface area contributed by atoms with Crippen LogP contribution in [0.1, 0.15) is 35.2 Å². The topological polar surface area (TPSA) is 87.1 Å². The molecule has 0 spiro atoms. The van der Waals surface area contributed by atoms with Crippen LogP contribution in [0.4, 0.5) is 0 Å². The highest BCUT2D eigenvalue weighted by atomic mass is 16.7. The van der Waals surface area contributed by atoms with E-state index in [2.05, 4.69) is 0 Å². The van der Waals surface area contributed by atoms with E-state index in [1.807, 2.05) is 0 Å². The molecule has 8 nitrogen and oxygen atoms in total. The molecule has 1 fully saturated rings. The molecule has 4 rings (SSSR count). The molecule has 0 saturated carbocycles. The third-order valence-electron chi connectivity index (χ3n) is 5.39. The lowest BCUT2D eigenvalue weighted by Gasteiger charge is -2.34. The number of carbonyl (C=O) groups is 2. The Morgan fingerprint density at radius 1 is 1.14 bits per heavy atom. The molecular weight excluding hydrogens is 376 g/mol. The van der Waals surface area contributed by atoms with E-state index in [0.29, 0.717) is 35.7 Å². The molecule has 1 aromatic carbocycles. The monoisotopic (exact) mass is 398 g/mol. The first-order valence-electron chi connectivity index (χ1n) is 9.52. The van der Waals surface area contributed by atoms with E-state index >= 15 is 0 Å². The first-order chi connectivity index (χ1) is 14.0. The number of hydrogen-bond acceptors (Lipinski definition) is 6. The molecule has 1 saturated heterocycles. The maximum absolute atomic E-state index is 13.3. The van der Waals surface area contributed by atoms with Gasteiger partial charge in [0.1, 0.15) is 11.6 Å². The normalized spacial score (nSPS) is 17.9. The molecule has 0 aliphatic carbocycles. The molecule has 2 aliphatic heterocycles. The van der Waals surface area contributed by atoms with Crippen molar-refractivity contribution in [2.24, 2.45) is 0 Å². The maximum Gasteiger partial charge on any atom is 0.328 e. The fourth-order valence-corrected chi connectivity index (χ4v) is 3.82. The molecular formula is C21H22N2O6. The number of rotatable bonds is 3. The van der Waals surface area contributed by atoms with Crippen LogP contribution in [0.25, 0.3) is 5.69 Å². The quantitative estimate of drug-likeness (QED) is 0.736. The van der Waals surface area contributed by atoms with Crippen LogP contribution in [0.3, 0.4) is 0 Å². The zero-order chi connectivity index (χ0) is 20.5. The third kappa shape index (κ3) is 3.35. The van der Waals surface area contributed by atoms with Gasteiger partial charge in [-0.15, -0.1) is 0 Å². The summed E-state index contributed by atoms with van der Waals surface area (Å²) in [5.41, 5.74) is 0.742. The van der Waals surface area contributed by atoms with E-state index in [1.165, 1.54) is 16.6 Å². The van der Waals surface area contributed by atoms with Crippen LogP contribution in [0.2, 0.25) is 0 Å². The predicted molar refractivity (Wildman–Crippen MR) is 104 cm³/mol. The van der Waals surface area contributed by atoms with Gasteiger partial charge in [0.25, 0.3) is 11.5 Å². The van der Waals surface area contributed by atoms with Crippen molar-refractivity contribution in [1.29, 1.82) is 0 Å². The van der Waals surface area contributed by atoms with Crippen LogP contribution in [-0.4, -0.2) is 47.8 Å². The SMILES string of the molecule is COC(=O)C1CCCCN1C(=O)c1c(C)ccn(-c2ccc3c(c2)OCO3)c1=O. The van der Waals surface area contributed by atoms with E-state index in [1.54, 1.807) is 37.4 Å². The van der Waals surface area contributed by atoms with Gasteiger partial charge >= 0.3 is 5.97 Å². The molecule has 2 aliphatic rings. The average molecular weight is 398 g/mol. The Balaban J connectivity index is 1.74. The summed E-state index contributed by atoms with van der Waals surface area (Å²) >= 11 is 0. The lowest BCUT2D eigenvalue weighted by Crippen LogP contribution is -2.50. The van der Waals surface area contributed by atoms with Gasteiger partial charge in [0.2, 0.25) is 6.79 Å². The molecule has 0 bridgehead atoms. The zero-order valence-corrected chi connectivity index (χ0v) is 16.3. The Hall–Kier alpha value is -3.29. The Morgan fingerprint density at radius 3 is 2.72 bits per heavy atom. The van der Waals surface area contributed by atoms with Crippen LogP contribution in [-0.2, 0) is 9.53 Å². The molecule has 1 amide bonds. The Morgan fingerprint density at radius 2 is 1.93 bits per heavy atom. The van der Waals surface area contributed by atoms with Gasteiger partial charge in [-0.1, -0.05) is 0 Å². The van der Waals surface area contributed by atoms with E-state index in [9.17, 15) is 14.4 Å². The fourth-order valence-electron chi connectivity index (χ4n) is 3.82. The number of likely N-dealkylation sites (tertiary alicyclic amines) is 1. The number of aryl methyl sites for hydroxylation is 1. The smallest absolute Gasteiger partial charge is 0.328 e. The van der Waals surface area contributed by atoms with Gasteiger partial charge < -0.3 is 19.1 Å². The molecule has 152 valence electrons. The maximum atomic E-state index is 13.3. The Bertz CT molecular complexity index is 1030. The van der Waals surface area contributed by atoms with Crippen LogP contribution < -0.4 is 15.0 Å². The highest BCUT2D eigenvalue weighted by Gasteiger charge is 2.35. The van der Waals surface area contributed by atoms with E-state index in [0.717, 1.165) is 12.8 Å². The summed E-state index contributed by atoms with van der Waals surface area (Å²) in [5.74, 6) is 0.254. The molecule has 3 heterocycles. The summed E-state index contributed by atoms with van der Waals surface area (Å²) < 4.78 is 17.0. The number of carbonyl (C=O) groups excluding carboxylic acids is 2. The first-order valence-corrected chi connectivity index (χ1v) is 9.52. The lowest BCUT2D eigenvalue weighted by molar-refractivity contribution is -0.147. The second-order valence-electron chi connectivity index (χ2n) is 7.12. The van der Waals surface area contributed by atoms with Crippen molar-refractivity contribution in [2.75, 3.05) is 20.4 Å². The number of hydrogen-bond donors (Lipinski definition) is 0. The standard InChI is InChI=1S/C21H22N2O6/c1-13-8-10-22(14-6-7-16-17(11-14)29-12-28-16)19(24)18(13)20(25)23-9-4-3-5-15(23)21(26)27-2/h6-8,10-11,15H,3-5,9,12H2,1-2H3. The molecule has 29 heavy (non-hydrogen) atoms. The van der Waals surface area contributed by atoms with Crippen molar-refractivity contribution in [1.82, 2.24) is 9.47 Å². The number of esters is 1. The number of ether oxygens (including phenoxy) is 3. The number of fused-ring (bicyclic) bond motifs is 1. The Labute approximate surface area is 167 Å². The zero-order valence-electron chi connectivity index (χ0n) is 16.3. The molecule has 1 aromatic heterocycles. The summed E-state index contributed by atoms with van der Waals surface area (Å²) in [4.78, 5) is 40.2. The number of pyridine rings is 1. The summed E-state index contributed by atoms with van der Waals surface area (Å²) in [6.07, 6.45) is 3.76. The van der Waals surface area contributed by atoms with Crippen molar-refractivity contribution in [3.8, 4) is 17.2 Å². The molecule has 0 radical (unpaired) electrons. The molecule has 1 unspecified atom stereocenters. The van der Waals surface area contributed by atoms with Crippen LogP contribution in [0, 0.1) is 6.92 Å². The minimum Gasteiger partial charge on any atom is -0.467 e. The van der Waals surface area contributed by atoms with Gasteiger partial charge in [-0.25, -0.2) is 4.79 Å². The van der Waals surface area contributed by atoms with E-state index in [-0.39, 0.29) is 12.4 Å². The number of benzene rings is 1. The summed E-state index contributed by atoms with van der Waals surface area (Å²) in [5, 5.41) is 0. The average Bonchev–Trinajstić information content (AvgIpc) is 3.21. The largest absolute Gasteiger partial charge is 0.467 e. The summed E-state index contributed by atoms with van der Waals surface area (Å²) in [6, 6.07) is 6.21. The number of piperidine rings is 1. The number of nitrogens with zero attached hydrogens (tertiary/aromatic N) is 2. The van der Waals surface area contributed by atoms with E-state index in [4.69, 9.17) is 14.2 Å². The second kappa shape index (κ2) is 7.62. The third-order valence-corrected chi connectivity index (χ3v) is 5.39. The van der Waals surface area contributed by atoms with Gasteiger partial charge in [0, 0.05) is 18.8 Å². The minimum atomic E-state index is -0.667. The molecule has 8 heteroatoms. The number of amides is 1. The molecule has 1 atom stereocenters. The highest BCUT2D eigenvalue weighted by molar-refractivity contribution is 5.97. The van der Waals surface area contributed by atoms with Crippen molar-refractivity contribution in [2.45, 2.75) is 32.2 Å². The lowest BCUT2D eigenvalue weighted by atomic mass is 10.00. The molecule has 2 aromatic rings. The van der Waals surface area contributed by atoms with Crippen LogP contribution >= 0.6 is 0 Å². The van der Waals surface area contributed by atoms with Crippen molar-refractivity contribution < 1.29 is 23.8 Å². The Kier molecular flexibility index (Phi) is 5.00. The highest BCUT2D eigenvalue weighted by Crippen LogP contribution is 2.33. The van der Waals surface area contributed by atoms with Crippen molar-refractivity contribution >= 4 is 11.9 Å². The van der Waals surface area contributed by atoms with Crippen molar-refractivity contribution in [3.05, 3.63) is 51.9 Å². The van der Waals surface area contributed by atoms with Gasteiger partial charge in [-0.2, -0.15) is 0 Å².